The second-order valence-corrected chi connectivity index (χ2v) is 6.34. The van der Waals surface area contributed by atoms with Gasteiger partial charge in [0.1, 0.15) is 11.7 Å². The topological polar surface area (TPSA) is 32.3 Å². The Bertz CT molecular complexity index is 531. The number of hydrogen-bond acceptors (Lipinski definition) is 2. The molecule has 1 saturated heterocycles. The molecule has 100 valence electrons. The highest BCUT2D eigenvalue weighted by molar-refractivity contribution is 5.92. The summed E-state index contributed by atoms with van der Waals surface area (Å²) in [6.07, 6.45) is 5.73. The van der Waals surface area contributed by atoms with Gasteiger partial charge in [-0.3, -0.25) is 10.1 Å². The van der Waals surface area contributed by atoms with E-state index < -0.39 is 0 Å². The van der Waals surface area contributed by atoms with Crippen LogP contribution in [0.4, 0.5) is 0 Å². The van der Waals surface area contributed by atoms with E-state index in [1.54, 1.807) is 0 Å². The highest BCUT2D eigenvalue weighted by Crippen LogP contribution is 2.48. The van der Waals surface area contributed by atoms with E-state index in [1.807, 2.05) is 0 Å². The zero-order valence-corrected chi connectivity index (χ0v) is 11.4. The Morgan fingerprint density at radius 2 is 2.11 bits per heavy atom. The molecular weight excluding hydrogens is 236 g/mol. The number of amides is 1. The lowest BCUT2D eigenvalue weighted by Crippen LogP contribution is -2.44. The highest BCUT2D eigenvalue weighted by Gasteiger charge is 2.60. The van der Waals surface area contributed by atoms with Crippen LogP contribution in [-0.2, 0) is 4.79 Å². The van der Waals surface area contributed by atoms with E-state index in [4.69, 9.17) is 0 Å². The number of nitrogens with zero attached hydrogens (tertiary/aromatic N) is 1. The first-order valence-electron chi connectivity index (χ1n) is 7.37. The molecule has 0 bridgehead atoms. The molecule has 1 spiro atoms. The molecule has 19 heavy (non-hydrogen) atoms. The van der Waals surface area contributed by atoms with E-state index in [0.717, 1.165) is 12.8 Å². The molecule has 1 heterocycles. The summed E-state index contributed by atoms with van der Waals surface area (Å²) in [5.74, 6) is 0.351. The van der Waals surface area contributed by atoms with Crippen LogP contribution in [0.2, 0.25) is 0 Å². The maximum absolute atomic E-state index is 12.7. The van der Waals surface area contributed by atoms with Gasteiger partial charge in [0.15, 0.2) is 0 Å². The van der Waals surface area contributed by atoms with Crippen molar-refractivity contribution in [2.24, 2.45) is 0 Å². The van der Waals surface area contributed by atoms with Gasteiger partial charge in [-0.25, -0.2) is 0 Å². The maximum Gasteiger partial charge on any atom is 0.244 e. The second kappa shape index (κ2) is 3.83. The van der Waals surface area contributed by atoms with Crippen molar-refractivity contribution >= 4 is 5.91 Å². The van der Waals surface area contributed by atoms with Crippen LogP contribution in [0.25, 0.3) is 0 Å². The summed E-state index contributed by atoms with van der Waals surface area (Å²) >= 11 is 0. The van der Waals surface area contributed by atoms with Gasteiger partial charge in [0.25, 0.3) is 0 Å². The number of hydrogen-bond donors (Lipinski definition) is 1. The number of benzene rings is 1. The van der Waals surface area contributed by atoms with Crippen molar-refractivity contribution < 1.29 is 4.79 Å². The Labute approximate surface area is 114 Å². The average Bonchev–Trinajstić information content (AvgIpc) is 3.06. The Hall–Kier alpha value is -1.35. The first kappa shape index (κ1) is 11.5. The first-order valence-corrected chi connectivity index (χ1v) is 7.37. The molecule has 3 aliphatic rings. The summed E-state index contributed by atoms with van der Waals surface area (Å²) in [5, 5.41) is 3.61. The summed E-state index contributed by atoms with van der Waals surface area (Å²) in [5.41, 5.74) is 2.30. The number of carbonyl (C=O) groups is 1. The SMILES string of the molecule is Cc1cccc(C2NC3(CC3)C(=O)N2C2CCC2)c1. The van der Waals surface area contributed by atoms with E-state index in [-0.39, 0.29) is 11.7 Å². The quantitative estimate of drug-likeness (QED) is 0.882. The first-order chi connectivity index (χ1) is 9.20. The minimum atomic E-state index is -0.204. The van der Waals surface area contributed by atoms with Gasteiger partial charge in [-0.2, -0.15) is 0 Å². The number of rotatable bonds is 2. The van der Waals surface area contributed by atoms with E-state index in [9.17, 15) is 4.79 Å². The zero-order valence-electron chi connectivity index (χ0n) is 11.4. The molecular formula is C16H20N2O. The van der Waals surface area contributed by atoms with Crippen molar-refractivity contribution in [3.05, 3.63) is 35.4 Å². The molecule has 1 aromatic carbocycles. The predicted octanol–water partition coefficient (Wildman–Crippen LogP) is 2.51. The van der Waals surface area contributed by atoms with Crippen LogP contribution in [0.1, 0.15) is 49.4 Å². The van der Waals surface area contributed by atoms with Gasteiger partial charge in [0.2, 0.25) is 5.91 Å². The summed E-state index contributed by atoms with van der Waals surface area (Å²) < 4.78 is 0. The average molecular weight is 256 g/mol. The molecule has 2 aliphatic carbocycles. The molecule has 0 aromatic heterocycles. The van der Waals surface area contributed by atoms with E-state index in [2.05, 4.69) is 41.4 Å². The van der Waals surface area contributed by atoms with Crippen LogP contribution < -0.4 is 5.32 Å². The number of aryl methyl sites for hydroxylation is 1. The van der Waals surface area contributed by atoms with Gasteiger partial charge < -0.3 is 4.90 Å². The molecule has 2 saturated carbocycles. The monoisotopic (exact) mass is 256 g/mol. The van der Waals surface area contributed by atoms with Crippen LogP contribution in [0.3, 0.4) is 0 Å². The van der Waals surface area contributed by atoms with Gasteiger partial charge in [-0.15, -0.1) is 0 Å². The molecule has 1 amide bonds. The van der Waals surface area contributed by atoms with E-state index in [0.29, 0.717) is 11.9 Å². The van der Waals surface area contributed by atoms with Gasteiger partial charge in [-0.05, 0) is 44.6 Å². The number of carbonyl (C=O) groups excluding carboxylic acids is 1. The lowest BCUT2D eigenvalue weighted by atomic mass is 9.90. The van der Waals surface area contributed by atoms with Gasteiger partial charge in [-0.1, -0.05) is 29.8 Å². The zero-order chi connectivity index (χ0) is 13.0. The van der Waals surface area contributed by atoms with E-state index >= 15 is 0 Å². The normalized spacial score (nSPS) is 28.8. The van der Waals surface area contributed by atoms with Crippen LogP contribution in [-0.4, -0.2) is 22.4 Å². The fourth-order valence-corrected chi connectivity index (χ4v) is 3.37. The Kier molecular flexibility index (Phi) is 2.31. The third kappa shape index (κ3) is 1.64. The molecule has 0 radical (unpaired) electrons. The number of nitrogens with one attached hydrogen (secondary N) is 1. The van der Waals surface area contributed by atoms with Gasteiger partial charge in [0.05, 0.1) is 0 Å². The summed E-state index contributed by atoms with van der Waals surface area (Å²) in [7, 11) is 0. The van der Waals surface area contributed by atoms with E-state index in [1.165, 1.54) is 30.4 Å². The minimum Gasteiger partial charge on any atom is -0.318 e. The smallest absolute Gasteiger partial charge is 0.244 e. The van der Waals surface area contributed by atoms with Crippen molar-refractivity contribution in [3.63, 3.8) is 0 Å². The Morgan fingerprint density at radius 1 is 1.32 bits per heavy atom. The molecule has 4 rings (SSSR count). The molecule has 1 unspecified atom stereocenters. The van der Waals surface area contributed by atoms with Crippen molar-refractivity contribution in [2.45, 2.75) is 56.8 Å². The third-order valence-corrected chi connectivity index (χ3v) is 4.91. The van der Waals surface area contributed by atoms with Crippen LogP contribution in [0.5, 0.6) is 0 Å². The summed E-state index contributed by atoms with van der Waals surface area (Å²) in [6, 6.07) is 9.02. The molecule has 3 fully saturated rings. The Balaban J connectivity index is 1.71. The maximum atomic E-state index is 12.7. The minimum absolute atomic E-state index is 0.0974. The highest BCUT2D eigenvalue weighted by atomic mass is 16.2. The molecule has 3 heteroatoms. The standard InChI is InChI=1S/C16H20N2O/c1-11-4-2-5-12(10-11)14-17-16(8-9-16)15(19)18(14)13-6-3-7-13/h2,4-5,10,13-14,17H,3,6-9H2,1H3. The molecule has 1 aliphatic heterocycles. The Morgan fingerprint density at radius 3 is 2.68 bits per heavy atom. The van der Waals surface area contributed by atoms with Crippen LogP contribution in [0, 0.1) is 6.92 Å². The fraction of sp³-hybridized carbons (Fsp3) is 0.562. The van der Waals surface area contributed by atoms with Crippen LogP contribution in [0.15, 0.2) is 24.3 Å². The summed E-state index contributed by atoms with van der Waals surface area (Å²) in [6.45, 7) is 2.11. The molecule has 1 N–H and O–H groups in total. The van der Waals surface area contributed by atoms with Crippen molar-refractivity contribution in [1.82, 2.24) is 10.2 Å². The lowest BCUT2D eigenvalue weighted by molar-refractivity contribution is -0.134. The third-order valence-electron chi connectivity index (χ3n) is 4.91. The van der Waals surface area contributed by atoms with Crippen molar-refractivity contribution in [1.29, 1.82) is 0 Å². The van der Waals surface area contributed by atoms with Crippen molar-refractivity contribution in [2.75, 3.05) is 0 Å². The predicted molar refractivity (Wildman–Crippen MR) is 73.5 cm³/mol. The van der Waals surface area contributed by atoms with Crippen LogP contribution >= 0.6 is 0 Å². The van der Waals surface area contributed by atoms with Gasteiger partial charge >= 0.3 is 0 Å². The lowest BCUT2D eigenvalue weighted by Gasteiger charge is -2.38. The van der Waals surface area contributed by atoms with Gasteiger partial charge in [0, 0.05) is 6.04 Å². The fourth-order valence-electron chi connectivity index (χ4n) is 3.37. The summed E-state index contributed by atoms with van der Waals surface area (Å²) in [4.78, 5) is 14.8. The molecule has 3 nitrogen and oxygen atoms in total. The van der Waals surface area contributed by atoms with Crippen molar-refractivity contribution in [3.8, 4) is 0 Å². The second-order valence-electron chi connectivity index (χ2n) is 6.34. The molecule has 1 atom stereocenters. The molecule has 1 aromatic rings. The largest absolute Gasteiger partial charge is 0.318 e.